The minimum Gasteiger partial charge on any atom is -0.428 e. The Hall–Kier alpha value is -1.71. The molecule has 0 atom stereocenters. The summed E-state index contributed by atoms with van der Waals surface area (Å²) in [5.41, 5.74) is 4.68. The van der Waals surface area contributed by atoms with Crippen LogP contribution in [0.2, 0.25) is 0 Å². The van der Waals surface area contributed by atoms with Crippen LogP contribution >= 0.6 is 0 Å². The summed E-state index contributed by atoms with van der Waals surface area (Å²) in [5.74, 6) is 0.516. The maximum absolute atomic E-state index is 11.7. The van der Waals surface area contributed by atoms with Crippen molar-refractivity contribution in [2.24, 2.45) is 16.9 Å². The van der Waals surface area contributed by atoms with E-state index in [1.54, 1.807) is 6.20 Å². The van der Waals surface area contributed by atoms with Crippen molar-refractivity contribution in [2.75, 3.05) is 12.8 Å². The molecule has 0 radical (unpaired) electrons. The van der Waals surface area contributed by atoms with Gasteiger partial charge in [-0.05, 0) is 25.8 Å². The standard InChI is InChI=1S/C15H19BN4O3S/c1-17-24(22,23)8-9-5-10(6-9)15-14-11-3-2-4-13(11)18-7-12(14)16(21)20-19-15/h2-3,7,9-10,17,20-21H,4-6,8H2,1H3. The quantitative estimate of drug-likeness (QED) is 0.621. The minimum absolute atomic E-state index is 0.149. The van der Waals surface area contributed by atoms with Crippen molar-refractivity contribution in [1.29, 1.82) is 0 Å². The molecule has 2 heterocycles. The lowest BCUT2D eigenvalue weighted by atomic mass is 9.65. The molecule has 4 rings (SSSR count). The van der Waals surface area contributed by atoms with Crippen molar-refractivity contribution in [3.05, 3.63) is 29.1 Å². The van der Waals surface area contributed by atoms with E-state index in [1.807, 2.05) is 6.08 Å². The van der Waals surface area contributed by atoms with E-state index in [2.05, 4.69) is 26.2 Å². The first-order valence-electron chi connectivity index (χ1n) is 8.09. The maximum atomic E-state index is 11.7. The number of nitrogens with one attached hydrogen (secondary N) is 2. The SMILES string of the molecule is CNS(=O)(=O)CC1CC(C2=NNB(O)c3cnc4c(c32)C=CC4)C1. The highest BCUT2D eigenvalue weighted by Gasteiger charge is 2.40. The third-order valence-electron chi connectivity index (χ3n) is 5.07. The van der Waals surface area contributed by atoms with Crippen LogP contribution in [-0.2, 0) is 16.4 Å². The average molecular weight is 346 g/mol. The third kappa shape index (κ3) is 2.56. The highest BCUT2D eigenvalue weighted by Crippen LogP contribution is 2.38. The number of rotatable bonds is 4. The van der Waals surface area contributed by atoms with Crippen molar-refractivity contribution in [2.45, 2.75) is 19.3 Å². The Bertz CT molecular complexity index is 847. The van der Waals surface area contributed by atoms with E-state index in [0.717, 1.165) is 47.3 Å². The predicted molar refractivity (Wildman–Crippen MR) is 93.3 cm³/mol. The van der Waals surface area contributed by atoms with Crippen LogP contribution in [0.3, 0.4) is 0 Å². The molecule has 0 bridgehead atoms. The predicted octanol–water partition coefficient (Wildman–Crippen LogP) is -0.779. The van der Waals surface area contributed by atoms with Gasteiger partial charge in [0.1, 0.15) is 0 Å². The van der Waals surface area contributed by atoms with Gasteiger partial charge in [-0.3, -0.25) is 4.98 Å². The second-order valence-electron chi connectivity index (χ2n) is 6.60. The lowest BCUT2D eigenvalue weighted by molar-refractivity contribution is 0.282. The van der Waals surface area contributed by atoms with Gasteiger partial charge in [0.25, 0.3) is 0 Å². The van der Waals surface area contributed by atoms with E-state index in [0.29, 0.717) is 0 Å². The van der Waals surface area contributed by atoms with Gasteiger partial charge in [-0.15, -0.1) is 0 Å². The Morgan fingerprint density at radius 1 is 1.46 bits per heavy atom. The highest BCUT2D eigenvalue weighted by molar-refractivity contribution is 7.89. The number of hydrogen-bond donors (Lipinski definition) is 3. The van der Waals surface area contributed by atoms with Gasteiger partial charge < -0.3 is 10.4 Å². The van der Waals surface area contributed by atoms with E-state index in [4.69, 9.17) is 0 Å². The molecule has 0 spiro atoms. The molecule has 0 amide bonds. The van der Waals surface area contributed by atoms with Crippen LogP contribution in [0.4, 0.5) is 0 Å². The second kappa shape index (κ2) is 5.68. The fourth-order valence-corrected chi connectivity index (χ4v) is 4.80. The lowest BCUT2D eigenvalue weighted by Gasteiger charge is -2.38. The van der Waals surface area contributed by atoms with Gasteiger partial charge >= 0.3 is 7.05 Å². The fraction of sp³-hybridized carbons (Fsp3) is 0.467. The summed E-state index contributed by atoms with van der Waals surface area (Å²) in [6, 6.07) is 0. The molecule has 1 aliphatic heterocycles. The summed E-state index contributed by atoms with van der Waals surface area (Å²) in [7, 11) is -2.58. The smallest absolute Gasteiger partial charge is 0.428 e. The fourth-order valence-electron chi connectivity index (χ4n) is 3.75. The van der Waals surface area contributed by atoms with Gasteiger partial charge in [0.15, 0.2) is 0 Å². The summed E-state index contributed by atoms with van der Waals surface area (Å²) >= 11 is 0. The highest BCUT2D eigenvalue weighted by atomic mass is 32.2. The summed E-state index contributed by atoms with van der Waals surface area (Å²) in [5, 5.41) is 17.3. The average Bonchev–Trinajstić information content (AvgIpc) is 3.00. The van der Waals surface area contributed by atoms with Crippen molar-refractivity contribution >= 4 is 34.3 Å². The molecule has 0 aromatic carbocycles. The van der Waals surface area contributed by atoms with E-state index >= 15 is 0 Å². The first-order chi connectivity index (χ1) is 11.5. The van der Waals surface area contributed by atoms with Gasteiger partial charge in [0, 0.05) is 35.1 Å². The van der Waals surface area contributed by atoms with Gasteiger partial charge in [0.05, 0.1) is 17.2 Å². The molecule has 3 aliphatic rings. The molecule has 1 aromatic rings. The van der Waals surface area contributed by atoms with E-state index in [1.165, 1.54) is 7.05 Å². The molecule has 7 nitrogen and oxygen atoms in total. The number of allylic oxidation sites excluding steroid dienone is 1. The van der Waals surface area contributed by atoms with Crippen LogP contribution in [0.25, 0.3) is 6.08 Å². The monoisotopic (exact) mass is 346 g/mol. The number of sulfonamides is 1. The van der Waals surface area contributed by atoms with Gasteiger partial charge in [-0.25, -0.2) is 13.1 Å². The maximum Gasteiger partial charge on any atom is 0.465 e. The molecule has 0 unspecified atom stereocenters. The molecular formula is C15H19BN4O3S. The molecule has 3 N–H and O–H groups in total. The Labute approximate surface area is 141 Å². The largest absolute Gasteiger partial charge is 0.465 e. The van der Waals surface area contributed by atoms with Crippen LogP contribution in [-0.4, -0.2) is 44.0 Å². The first kappa shape index (κ1) is 15.8. The van der Waals surface area contributed by atoms with Crippen molar-refractivity contribution in [3.63, 3.8) is 0 Å². The Morgan fingerprint density at radius 2 is 2.25 bits per heavy atom. The Kier molecular flexibility index (Phi) is 3.74. The van der Waals surface area contributed by atoms with E-state index < -0.39 is 17.1 Å². The summed E-state index contributed by atoms with van der Waals surface area (Å²) in [6.07, 6.45) is 8.20. The first-order valence-corrected chi connectivity index (χ1v) is 9.75. The normalized spacial score (nSPS) is 24.8. The lowest BCUT2D eigenvalue weighted by Crippen LogP contribution is -2.52. The van der Waals surface area contributed by atoms with Gasteiger partial charge in [0.2, 0.25) is 10.0 Å². The van der Waals surface area contributed by atoms with Gasteiger partial charge in [-0.1, -0.05) is 12.2 Å². The van der Waals surface area contributed by atoms with Crippen molar-refractivity contribution < 1.29 is 13.4 Å². The zero-order chi connectivity index (χ0) is 16.9. The molecule has 24 heavy (non-hydrogen) atoms. The summed E-state index contributed by atoms with van der Waals surface area (Å²) < 4.78 is 25.7. The second-order valence-corrected chi connectivity index (χ2v) is 8.58. The Balaban J connectivity index is 1.59. The number of fused-ring (bicyclic) bond motifs is 3. The number of hydrazone groups is 1. The molecule has 1 fully saturated rings. The summed E-state index contributed by atoms with van der Waals surface area (Å²) in [6.45, 7) is 0. The summed E-state index contributed by atoms with van der Waals surface area (Å²) in [4.78, 5) is 4.43. The molecule has 2 aliphatic carbocycles. The van der Waals surface area contributed by atoms with Crippen LogP contribution < -0.4 is 15.5 Å². The van der Waals surface area contributed by atoms with Crippen LogP contribution in [0, 0.1) is 11.8 Å². The van der Waals surface area contributed by atoms with Crippen LogP contribution in [0.15, 0.2) is 17.4 Å². The molecule has 0 saturated heterocycles. The third-order valence-corrected chi connectivity index (χ3v) is 6.60. The molecule has 1 saturated carbocycles. The number of hydrogen-bond acceptors (Lipinski definition) is 6. The van der Waals surface area contributed by atoms with Crippen molar-refractivity contribution in [3.8, 4) is 0 Å². The van der Waals surface area contributed by atoms with Crippen LogP contribution in [0.5, 0.6) is 0 Å². The van der Waals surface area contributed by atoms with E-state index in [9.17, 15) is 13.4 Å². The topological polar surface area (TPSA) is 104 Å². The molecule has 9 heteroatoms. The van der Waals surface area contributed by atoms with Crippen molar-refractivity contribution in [1.82, 2.24) is 15.0 Å². The number of aromatic nitrogens is 1. The van der Waals surface area contributed by atoms with Crippen LogP contribution in [0.1, 0.15) is 29.7 Å². The Morgan fingerprint density at radius 3 is 3.00 bits per heavy atom. The zero-order valence-corrected chi connectivity index (χ0v) is 14.2. The molecule has 1 aromatic heterocycles. The number of nitrogens with zero attached hydrogens (tertiary/aromatic N) is 2. The van der Waals surface area contributed by atoms with Gasteiger partial charge in [-0.2, -0.15) is 5.10 Å². The molecule has 126 valence electrons. The number of pyridine rings is 1. The zero-order valence-electron chi connectivity index (χ0n) is 13.4. The minimum atomic E-state index is -3.18. The molecular weight excluding hydrogens is 327 g/mol. The van der Waals surface area contributed by atoms with E-state index in [-0.39, 0.29) is 17.6 Å².